The highest BCUT2D eigenvalue weighted by Gasteiger charge is 2.20. The normalized spacial score (nSPS) is 11.9. The number of nitrogens with zero attached hydrogens (tertiary/aromatic N) is 1. The summed E-state index contributed by atoms with van der Waals surface area (Å²) < 4.78 is 0. The van der Waals surface area contributed by atoms with Crippen LogP contribution in [0.3, 0.4) is 0 Å². The van der Waals surface area contributed by atoms with Crippen molar-refractivity contribution in [2.45, 2.75) is 6.04 Å². The molecule has 0 bridgehead atoms. The Bertz CT molecular complexity index is 483. The third-order valence-electron chi connectivity index (χ3n) is 3.41. The van der Waals surface area contributed by atoms with Crippen LogP contribution in [-0.2, 0) is 9.59 Å². The van der Waals surface area contributed by atoms with Gasteiger partial charge in [-0.3, -0.25) is 9.59 Å². The Kier molecular flexibility index (Phi) is 6.17. The van der Waals surface area contributed by atoms with Crippen molar-refractivity contribution in [1.29, 1.82) is 0 Å². The third kappa shape index (κ3) is 4.75. The SMILES string of the molecule is CNC(=O)C(=O)NC[C@@H](c1ccc(N(C)C)cc1)[NH+](C)C. The minimum Gasteiger partial charge on any atom is -0.378 e. The predicted octanol–water partition coefficient (Wildman–Crippen LogP) is -1.20. The first-order valence-corrected chi connectivity index (χ1v) is 6.94. The zero-order valence-corrected chi connectivity index (χ0v) is 13.4. The summed E-state index contributed by atoms with van der Waals surface area (Å²) in [4.78, 5) is 26.0. The van der Waals surface area contributed by atoms with E-state index in [1.54, 1.807) is 0 Å². The van der Waals surface area contributed by atoms with E-state index in [0.29, 0.717) is 6.54 Å². The Balaban J connectivity index is 2.77. The highest BCUT2D eigenvalue weighted by atomic mass is 16.2. The van der Waals surface area contributed by atoms with Gasteiger partial charge in [0, 0.05) is 32.4 Å². The number of hydrogen-bond donors (Lipinski definition) is 3. The standard InChI is InChI=1S/C15H24N4O2/c1-16-14(20)15(21)17-10-13(19(4)5)11-6-8-12(9-7-11)18(2)3/h6-9,13H,10H2,1-5H3,(H,16,20)(H,17,21)/p+1/t13-/m0/s1. The van der Waals surface area contributed by atoms with Crippen LogP contribution in [0.15, 0.2) is 24.3 Å². The molecule has 0 spiro atoms. The summed E-state index contributed by atoms with van der Waals surface area (Å²) in [5, 5.41) is 4.98. The van der Waals surface area contributed by atoms with Crippen LogP contribution in [0, 0.1) is 0 Å². The Morgan fingerprint density at radius 2 is 1.71 bits per heavy atom. The van der Waals surface area contributed by atoms with Crippen LogP contribution in [0.2, 0.25) is 0 Å². The molecule has 0 fully saturated rings. The molecule has 0 aliphatic carbocycles. The van der Waals surface area contributed by atoms with Crippen molar-refractivity contribution in [3.05, 3.63) is 29.8 Å². The second-order valence-corrected chi connectivity index (χ2v) is 5.41. The molecule has 0 radical (unpaired) electrons. The monoisotopic (exact) mass is 293 g/mol. The molecule has 6 heteroatoms. The number of nitrogens with one attached hydrogen (secondary N) is 3. The fourth-order valence-electron chi connectivity index (χ4n) is 2.05. The second-order valence-electron chi connectivity index (χ2n) is 5.41. The predicted molar refractivity (Wildman–Crippen MR) is 83.4 cm³/mol. The van der Waals surface area contributed by atoms with Crippen LogP contribution in [0.25, 0.3) is 0 Å². The van der Waals surface area contributed by atoms with Crippen LogP contribution in [-0.4, -0.2) is 53.6 Å². The van der Waals surface area contributed by atoms with Gasteiger partial charge in [0.15, 0.2) is 0 Å². The van der Waals surface area contributed by atoms with E-state index in [4.69, 9.17) is 0 Å². The zero-order valence-electron chi connectivity index (χ0n) is 13.4. The number of hydrogen-bond acceptors (Lipinski definition) is 3. The second kappa shape index (κ2) is 7.64. The molecule has 0 unspecified atom stereocenters. The van der Waals surface area contributed by atoms with E-state index < -0.39 is 11.8 Å². The summed E-state index contributed by atoms with van der Waals surface area (Å²) in [6.07, 6.45) is 0. The van der Waals surface area contributed by atoms with Gasteiger partial charge in [-0.15, -0.1) is 0 Å². The molecule has 3 N–H and O–H groups in total. The van der Waals surface area contributed by atoms with Gasteiger partial charge in [-0.2, -0.15) is 0 Å². The topological polar surface area (TPSA) is 65.9 Å². The number of amides is 2. The molecular weight excluding hydrogens is 268 g/mol. The number of benzene rings is 1. The molecule has 1 aromatic rings. The average molecular weight is 293 g/mol. The highest BCUT2D eigenvalue weighted by molar-refractivity contribution is 6.35. The van der Waals surface area contributed by atoms with Crippen LogP contribution in [0.5, 0.6) is 0 Å². The number of likely N-dealkylation sites (N-methyl/N-ethyl adjacent to an activating group) is 2. The van der Waals surface area contributed by atoms with Crippen LogP contribution < -0.4 is 20.4 Å². The molecule has 2 amide bonds. The van der Waals surface area contributed by atoms with Crippen molar-refractivity contribution < 1.29 is 14.5 Å². The third-order valence-corrected chi connectivity index (χ3v) is 3.41. The smallest absolute Gasteiger partial charge is 0.309 e. The molecule has 1 rings (SSSR count). The molecule has 0 heterocycles. The Labute approximate surface area is 126 Å². The quantitative estimate of drug-likeness (QED) is 0.598. The minimum absolute atomic E-state index is 0.0924. The van der Waals surface area contributed by atoms with E-state index in [-0.39, 0.29) is 6.04 Å². The number of anilines is 1. The van der Waals surface area contributed by atoms with E-state index in [9.17, 15) is 9.59 Å². The van der Waals surface area contributed by atoms with Crippen molar-refractivity contribution in [3.8, 4) is 0 Å². The van der Waals surface area contributed by atoms with E-state index in [1.807, 2.05) is 45.2 Å². The molecule has 0 saturated carbocycles. The molecule has 0 saturated heterocycles. The van der Waals surface area contributed by atoms with Crippen LogP contribution in [0.4, 0.5) is 5.69 Å². The highest BCUT2D eigenvalue weighted by Crippen LogP contribution is 2.15. The molecule has 21 heavy (non-hydrogen) atoms. The first-order valence-electron chi connectivity index (χ1n) is 6.94. The number of quaternary nitrogens is 1. The summed E-state index contributed by atoms with van der Waals surface area (Å²) in [6.45, 7) is 0.413. The van der Waals surface area contributed by atoms with E-state index in [2.05, 4.69) is 22.8 Å². The van der Waals surface area contributed by atoms with E-state index in [0.717, 1.165) is 11.3 Å². The van der Waals surface area contributed by atoms with E-state index >= 15 is 0 Å². The van der Waals surface area contributed by atoms with Gasteiger partial charge >= 0.3 is 11.8 Å². The van der Waals surface area contributed by atoms with Crippen molar-refractivity contribution in [1.82, 2.24) is 10.6 Å². The molecule has 0 aliphatic heterocycles. The Morgan fingerprint density at radius 3 is 2.14 bits per heavy atom. The van der Waals surface area contributed by atoms with E-state index in [1.165, 1.54) is 11.9 Å². The maximum atomic E-state index is 11.5. The van der Waals surface area contributed by atoms with Gasteiger partial charge < -0.3 is 20.4 Å². The lowest BCUT2D eigenvalue weighted by Crippen LogP contribution is -3.07. The number of carbonyl (C=O) groups is 2. The molecule has 6 nitrogen and oxygen atoms in total. The molecule has 1 atom stereocenters. The Morgan fingerprint density at radius 1 is 1.14 bits per heavy atom. The lowest BCUT2D eigenvalue weighted by Gasteiger charge is -2.23. The van der Waals surface area contributed by atoms with Gasteiger partial charge in [0.2, 0.25) is 0 Å². The summed E-state index contributed by atoms with van der Waals surface area (Å²) in [6, 6.07) is 8.30. The van der Waals surface area contributed by atoms with Crippen molar-refractivity contribution in [2.24, 2.45) is 0 Å². The van der Waals surface area contributed by atoms with Gasteiger partial charge in [0.05, 0.1) is 20.6 Å². The van der Waals surface area contributed by atoms with Gasteiger partial charge in [0.25, 0.3) is 0 Å². The first kappa shape index (κ1) is 17.0. The van der Waals surface area contributed by atoms with Gasteiger partial charge in [-0.25, -0.2) is 0 Å². The van der Waals surface area contributed by atoms with Crippen LogP contribution >= 0.6 is 0 Å². The Hall–Kier alpha value is -2.08. The lowest BCUT2D eigenvalue weighted by atomic mass is 10.1. The minimum atomic E-state index is -0.620. The summed E-state index contributed by atoms with van der Waals surface area (Å²) in [5.41, 5.74) is 2.25. The van der Waals surface area contributed by atoms with Gasteiger partial charge in [0.1, 0.15) is 6.04 Å². The molecule has 116 valence electrons. The fraction of sp³-hybridized carbons (Fsp3) is 0.467. The summed E-state index contributed by atoms with van der Waals surface area (Å²) in [5.74, 6) is -1.22. The number of rotatable bonds is 5. The average Bonchev–Trinajstić information content (AvgIpc) is 2.46. The summed E-state index contributed by atoms with van der Waals surface area (Å²) in [7, 11) is 9.48. The van der Waals surface area contributed by atoms with Crippen molar-refractivity contribution in [2.75, 3.05) is 46.7 Å². The van der Waals surface area contributed by atoms with Gasteiger partial charge in [-0.1, -0.05) is 12.1 Å². The molecule has 0 aliphatic rings. The number of carbonyl (C=O) groups excluding carboxylic acids is 2. The summed E-state index contributed by atoms with van der Waals surface area (Å²) >= 11 is 0. The first-order chi connectivity index (χ1) is 9.86. The maximum absolute atomic E-state index is 11.5. The maximum Gasteiger partial charge on any atom is 0.309 e. The zero-order chi connectivity index (χ0) is 16.0. The van der Waals surface area contributed by atoms with Crippen molar-refractivity contribution in [3.63, 3.8) is 0 Å². The van der Waals surface area contributed by atoms with Crippen molar-refractivity contribution >= 4 is 17.5 Å². The molecule has 1 aromatic carbocycles. The van der Waals surface area contributed by atoms with Crippen LogP contribution in [0.1, 0.15) is 11.6 Å². The molecule has 0 aromatic heterocycles. The molecular formula is C15H25N4O2+. The largest absolute Gasteiger partial charge is 0.378 e. The van der Waals surface area contributed by atoms with Gasteiger partial charge in [-0.05, 0) is 12.1 Å². The lowest BCUT2D eigenvalue weighted by molar-refractivity contribution is -0.890. The fourth-order valence-corrected chi connectivity index (χ4v) is 2.05.